The van der Waals surface area contributed by atoms with Crippen LogP contribution in [0, 0.1) is 0 Å². The smallest absolute Gasteiger partial charge is 0.0293 e. The summed E-state index contributed by atoms with van der Waals surface area (Å²) in [5.74, 6) is 0. The second-order valence-electron chi connectivity index (χ2n) is 8.01. The summed E-state index contributed by atoms with van der Waals surface area (Å²) in [4.78, 5) is 0. The van der Waals surface area contributed by atoms with Crippen molar-refractivity contribution >= 4 is 9.24 Å². The summed E-state index contributed by atoms with van der Waals surface area (Å²) in [6.45, 7) is 13.6. The molecule has 0 aromatic heterocycles. The van der Waals surface area contributed by atoms with Crippen molar-refractivity contribution in [3.05, 3.63) is 0 Å². The van der Waals surface area contributed by atoms with Gasteiger partial charge >= 0.3 is 0 Å². The van der Waals surface area contributed by atoms with Crippen LogP contribution in [0.3, 0.4) is 0 Å². The van der Waals surface area contributed by atoms with Gasteiger partial charge in [0.1, 0.15) is 0 Å². The van der Waals surface area contributed by atoms with Gasteiger partial charge in [-0.2, -0.15) is 0 Å². The zero-order valence-corrected chi connectivity index (χ0v) is 21.0. The third kappa shape index (κ3) is 44.1. The first-order valence-corrected chi connectivity index (χ1v) is 13.0. The highest BCUT2D eigenvalue weighted by Gasteiger charge is 1.92. The van der Waals surface area contributed by atoms with Crippen molar-refractivity contribution in [3.8, 4) is 0 Å². The number of rotatable bonds is 16. The molecule has 0 radical (unpaired) electrons. The van der Waals surface area contributed by atoms with Gasteiger partial charge in [0.2, 0.25) is 0 Å². The fourth-order valence-corrected chi connectivity index (χ4v) is 3.01. The molecular formula is C25H57P. The van der Waals surface area contributed by atoms with Gasteiger partial charge in [-0.25, -0.2) is 0 Å². The molecule has 0 saturated heterocycles. The van der Waals surface area contributed by atoms with Crippen molar-refractivity contribution in [1.29, 1.82) is 0 Å². The van der Waals surface area contributed by atoms with E-state index < -0.39 is 0 Å². The lowest BCUT2D eigenvalue weighted by atomic mass is 10.1. The van der Waals surface area contributed by atoms with E-state index in [9.17, 15) is 0 Å². The Morgan fingerprint density at radius 1 is 0.423 bits per heavy atom. The van der Waals surface area contributed by atoms with E-state index in [0.29, 0.717) is 0 Å². The van der Waals surface area contributed by atoms with E-state index in [1.54, 1.807) is 0 Å². The summed E-state index contributed by atoms with van der Waals surface area (Å²) in [5.41, 5.74) is 0.821. The summed E-state index contributed by atoms with van der Waals surface area (Å²) >= 11 is 0. The highest BCUT2D eigenvalue weighted by atomic mass is 31.0. The Kier molecular flexibility index (Phi) is 39.6. The Balaban J connectivity index is -0.000000308. The number of unbranched alkanes of at least 4 members (excludes halogenated alkanes) is 14. The molecule has 0 spiro atoms. The lowest BCUT2D eigenvalue weighted by Crippen LogP contribution is -1.88. The van der Waals surface area contributed by atoms with Crippen LogP contribution in [-0.4, -0.2) is 5.66 Å². The molecule has 0 aliphatic rings. The van der Waals surface area contributed by atoms with Gasteiger partial charge in [0.15, 0.2) is 0 Å². The van der Waals surface area contributed by atoms with Crippen LogP contribution in [0.2, 0.25) is 0 Å². The first-order chi connectivity index (χ1) is 12.6. The van der Waals surface area contributed by atoms with Gasteiger partial charge in [0, 0.05) is 0 Å². The molecule has 0 aliphatic heterocycles. The maximum Gasteiger partial charge on any atom is -0.0293 e. The van der Waals surface area contributed by atoms with Crippen LogP contribution >= 0.6 is 9.24 Å². The molecule has 0 aliphatic carbocycles. The highest BCUT2D eigenvalue weighted by Crippen LogP contribution is 2.11. The third-order valence-electron chi connectivity index (χ3n) is 4.68. The van der Waals surface area contributed by atoms with E-state index >= 15 is 0 Å². The number of hydrogen-bond donors (Lipinski definition) is 0. The molecule has 0 rings (SSSR count). The van der Waals surface area contributed by atoms with Gasteiger partial charge in [-0.05, 0) is 12.1 Å². The molecule has 26 heavy (non-hydrogen) atoms. The quantitative estimate of drug-likeness (QED) is 0.182. The van der Waals surface area contributed by atoms with Gasteiger partial charge in [-0.15, -0.1) is 9.24 Å². The fourth-order valence-electron chi connectivity index (χ4n) is 2.78. The van der Waals surface area contributed by atoms with Gasteiger partial charge in [0.25, 0.3) is 0 Å². The molecular weight excluding hydrogens is 331 g/mol. The fraction of sp³-hybridized carbons (Fsp3) is 1.00. The van der Waals surface area contributed by atoms with Gasteiger partial charge < -0.3 is 0 Å². The maximum atomic E-state index is 2.86. The van der Waals surface area contributed by atoms with E-state index in [-0.39, 0.29) is 0 Å². The molecule has 0 aromatic carbocycles. The largest absolute Gasteiger partial charge is 0.135 e. The molecule has 162 valence electrons. The first kappa shape index (κ1) is 31.1. The molecule has 0 saturated carbocycles. The topological polar surface area (TPSA) is 0 Å². The van der Waals surface area contributed by atoms with Crippen LogP contribution in [0.25, 0.3) is 0 Å². The minimum Gasteiger partial charge on any atom is -0.135 e. The summed E-state index contributed by atoms with van der Waals surface area (Å²) in [6, 6.07) is 0. The molecule has 0 fully saturated rings. The van der Waals surface area contributed by atoms with Gasteiger partial charge in [0.05, 0.1) is 0 Å². The molecule has 0 bridgehead atoms. The van der Waals surface area contributed by atoms with Crippen LogP contribution in [0.4, 0.5) is 0 Å². The SMILES string of the molecule is CCCCCCCC.CCCCCCCC.CCCCCCCC(C)P. The Labute approximate surface area is 172 Å². The second-order valence-corrected chi connectivity index (χ2v) is 9.15. The van der Waals surface area contributed by atoms with E-state index in [1.165, 1.54) is 116 Å². The lowest BCUT2D eigenvalue weighted by molar-refractivity contribution is 0.606. The van der Waals surface area contributed by atoms with Gasteiger partial charge in [-0.1, -0.05) is 151 Å². The van der Waals surface area contributed by atoms with Crippen molar-refractivity contribution in [3.63, 3.8) is 0 Å². The first-order valence-electron chi connectivity index (χ1n) is 12.4. The molecule has 2 unspecified atom stereocenters. The van der Waals surface area contributed by atoms with Crippen LogP contribution < -0.4 is 0 Å². The van der Waals surface area contributed by atoms with Crippen LogP contribution in [0.15, 0.2) is 0 Å². The van der Waals surface area contributed by atoms with E-state index in [1.807, 2.05) is 0 Å². The molecule has 0 aromatic rings. The van der Waals surface area contributed by atoms with E-state index in [4.69, 9.17) is 0 Å². The predicted octanol–water partition coefficient (Wildman–Crippen LogP) is 10.3. The Morgan fingerprint density at radius 2 is 0.654 bits per heavy atom. The average molecular weight is 389 g/mol. The van der Waals surface area contributed by atoms with Crippen LogP contribution in [0.1, 0.15) is 157 Å². The van der Waals surface area contributed by atoms with Crippen LogP contribution in [0.5, 0.6) is 0 Å². The van der Waals surface area contributed by atoms with Gasteiger partial charge in [-0.3, -0.25) is 0 Å². The van der Waals surface area contributed by atoms with Crippen molar-refractivity contribution in [2.24, 2.45) is 0 Å². The zero-order valence-electron chi connectivity index (χ0n) is 19.9. The minimum atomic E-state index is 0.821. The summed E-state index contributed by atoms with van der Waals surface area (Å²) < 4.78 is 0. The van der Waals surface area contributed by atoms with Crippen molar-refractivity contribution in [2.75, 3.05) is 0 Å². The van der Waals surface area contributed by atoms with Crippen LogP contribution in [-0.2, 0) is 0 Å². The van der Waals surface area contributed by atoms with Crippen molar-refractivity contribution in [2.45, 2.75) is 163 Å². The molecule has 0 heterocycles. The van der Waals surface area contributed by atoms with Crippen molar-refractivity contribution < 1.29 is 0 Å². The van der Waals surface area contributed by atoms with Crippen molar-refractivity contribution in [1.82, 2.24) is 0 Å². The molecule has 1 heteroatoms. The molecule has 0 nitrogen and oxygen atoms in total. The minimum absolute atomic E-state index is 0.821. The Bertz CT molecular complexity index is 165. The summed E-state index contributed by atoms with van der Waals surface area (Å²) in [7, 11) is 2.86. The monoisotopic (exact) mass is 388 g/mol. The molecule has 0 N–H and O–H groups in total. The maximum absolute atomic E-state index is 2.86. The Hall–Kier alpha value is 0.430. The second kappa shape index (κ2) is 33.0. The number of hydrogen-bond acceptors (Lipinski definition) is 0. The molecule has 2 atom stereocenters. The highest BCUT2D eigenvalue weighted by molar-refractivity contribution is 7.17. The molecule has 0 amide bonds. The average Bonchev–Trinajstić information content (AvgIpc) is 2.63. The zero-order chi connectivity index (χ0) is 20.3. The standard InChI is InChI=1S/C9H21P.2C8H18/c1-3-4-5-6-7-8-9(2)10;2*1-3-5-7-8-6-4-2/h9H,3-8,10H2,1-2H3;2*3-8H2,1-2H3. The van der Waals surface area contributed by atoms with E-state index in [2.05, 4.69) is 50.8 Å². The lowest BCUT2D eigenvalue weighted by Gasteiger charge is -2.02. The predicted molar refractivity (Wildman–Crippen MR) is 131 cm³/mol. The third-order valence-corrected chi connectivity index (χ3v) is 5.01. The summed E-state index contributed by atoms with van der Waals surface area (Å²) in [5, 5.41) is 0. The Morgan fingerprint density at radius 3 is 0.846 bits per heavy atom. The van der Waals surface area contributed by atoms with E-state index in [0.717, 1.165) is 5.66 Å². The normalized spacial score (nSPS) is 11.2. The summed E-state index contributed by atoms with van der Waals surface area (Å²) in [6.07, 6.45) is 25.4.